The monoisotopic (exact) mass is 298 g/mol. The number of hydrogen-bond donors (Lipinski definition) is 3. The van der Waals surface area contributed by atoms with Crippen molar-refractivity contribution in [2.45, 2.75) is 59.4 Å². The lowest BCUT2D eigenvalue weighted by molar-refractivity contribution is -0.133. The zero-order valence-corrected chi connectivity index (χ0v) is 13.7. The molecular weight excluding hydrogens is 268 g/mol. The Bertz CT molecular complexity index is 363. The molecule has 122 valence electrons. The van der Waals surface area contributed by atoms with Crippen molar-refractivity contribution in [2.75, 3.05) is 13.2 Å². The van der Waals surface area contributed by atoms with Gasteiger partial charge in [-0.2, -0.15) is 0 Å². The molecule has 0 aromatic rings. The first-order chi connectivity index (χ1) is 9.75. The molecule has 0 radical (unpaired) electrons. The number of aliphatic hydroxyl groups excluding tert-OH is 1. The maximum Gasteiger partial charge on any atom is 0.242 e. The molecule has 1 fully saturated rings. The summed E-state index contributed by atoms with van der Waals surface area (Å²) in [5.74, 6) is 0.350. The maximum atomic E-state index is 12.1. The van der Waals surface area contributed by atoms with E-state index in [0.29, 0.717) is 18.4 Å². The third-order valence-corrected chi connectivity index (χ3v) is 4.26. The van der Waals surface area contributed by atoms with Crippen LogP contribution in [0.25, 0.3) is 0 Å². The van der Waals surface area contributed by atoms with Gasteiger partial charge in [-0.05, 0) is 31.6 Å². The fraction of sp³-hybridized carbons (Fsp3) is 0.875. The Kier molecular flexibility index (Phi) is 6.65. The van der Waals surface area contributed by atoms with E-state index in [-0.39, 0.29) is 18.4 Å². The predicted octanol–water partition coefficient (Wildman–Crippen LogP) is 1.45. The van der Waals surface area contributed by atoms with Crippen LogP contribution in [0.3, 0.4) is 0 Å². The average molecular weight is 298 g/mol. The standard InChI is InChI=1S/C16H30N2O3/c1-11(18-15(21)16(2,3)4)14(20)17-9-12-7-5-6-8-13(12)10-19/h11-13,19H,5-10H2,1-4H3,(H,17,20)(H,18,21). The molecule has 1 saturated carbocycles. The van der Waals surface area contributed by atoms with E-state index < -0.39 is 11.5 Å². The first-order valence-electron chi connectivity index (χ1n) is 7.95. The van der Waals surface area contributed by atoms with E-state index in [1.165, 1.54) is 0 Å². The molecular formula is C16H30N2O3. The molecule has 21 heavy (non-hydrogen) atoms. The van der Waals surface area contributed by atoms with Crippen LogP contribution >= 0.6 is 0 Å². The van der Waals surface area contributed by atoms with Crippen molar-refractivity contribution in [3.05, 3.63) is 0 Å². The molecule has 2 amide bonds. The Morgan fingerprint density at radius 2 is 1.76 bits per heavy atom. The zero-order chi connectivity index (χ0) is 16.0. The maximum absolute atomic E-state index is 12.1. The molecule has 1 aliphatic rings. The largest absolute Gasteiger partial charge is 0.396 e. The van der Waals surface area contributed by atoms with E-state index in [9.17, 15) is 14.7 Å². The molecule has 3 atom stereocenters. The first-order valence-corrected chi connectivity index (χ1v) is 7.95. The van der Waals surface area contributed by atoms with Gasteiger partial charge in [0.2, 0.25) is 11.8 Å². The smallest absolute Gasteiger partial charge is 0.242 e. The van der Waals surface area contributed by atoms with Crippen molar-refractivity contribution in [2.24, 2.45) is 17.3 Å². The average Bonchev–Trinajstić information content (AvgIpc) is 2.43. The first kappa shape index (κ1) is 18.0. The molecule has 3 N–H and O–H groups in total. The highest BCUT2D eigenvalue weighted by atomic mass is 16.3. The van der Waals surface area contributed by atoms with Gasteiger partial charge in [0.15, 0.2) is 0 Å². The van der Waals surface area contributed by atoms with Crippen LogP contribution in [0.1, 0.15) is 53.4 Å². The van der Waals surface area contributed by atoms with Gasteiger partial charge in [0, 0.05) is 18.6 Å². The van der Waals surface area contributed by atoms with Crippen molar-refractivity contribution < 1.29 is 14.7 Å². The zero-order valence-electron chi connectivity index (χ0n) is 13.7. The Morgan fingerprint density at radius 3 is 2.29 bits per heavy atom. The van der Waals surface area contributed by atoms with Gasteiger partial charge >= 0.3 is 0 Å². The second-order valence-corrected chi connectivity index (χ2v) is 7.18. The third-order valence-electron chi connectivity index (χ3n) is 4.26. The van der Waals surface area contributed by atoms with Crippen molar-refractivity contribution in [3.8, 4) is 0 Å². The summed E-state index contributed by atoms with van der Waals surface area (Å²) in [4.78, 5) is 23.9. The normalized spacial score (nSPS) is 24.2. The summed E-state index contributed by atoms with van der Waals surface area (Å²) >= 11 is 0. The van der Waals surface area contributed by atoms with Crippen LogP contribution in [0.15, 0.2) is 0 Å². The highest BCUT2D eigenvalue weighted by Crippen LogP contribution is 2.29. The number of nitrogens with one attached hydrogen (secondary N) is 2. The van der Waals surface area contributed by atoms with Gasteiger partial charge in [0.1, 0.15) is 6.04 Å². The van der Waals surface area contributed by atoms with Gasteiger partial charge in [0.25, 0.3) is 0 Å². The van der Waals surface area contributed by atoms with E-state index >= 15 is 0 Å². The molecule has 0 spiro atoms. The molecule has 5 nitrogen and oxygen atoms in total. The second-order valence-electron chi connectivity index (χ2n) is 7.18. The summed E-state index contributed by atoms with van der Waals surface area (Å²) in [5.41, 5.74) is -0.500. The number of rotatable bonds is 5. The topological polar surface area (TPSA) is 78.4 Å². The summed E-state index contributed by atoms with van der Waals surface area (Å²) < 4.78 is 0. The Hall–Kier alpha value is -1.10. The predicted molar refractivity (Wildman–Crippen MR) is 82.6 cm³/mol. The van der Waals surface area contributed by atoms with Crippen molar-refractivity contribution in [1.82, 2.24) is 10.6 Å². The van der Waals surface area contributed by atoms with Crippen LogP contribution in [0, 0.1) is 17.3 Å². The number of carbonyl (C=O) groups excluding carboxylic acids is 2. The minimum atomic E-state index is -0.534. The van der Waals surface area contributed by atoms with E-state index in [1.54, 1.807) is 6.92 Å². The molecule has 0 aliphatic heterocycles. The highest BCUT2D eigenvalue weighted by Gasteiger charge is 2.27. The van der Waals surface area contributed by atoms with Crippen LogP contribution in [-0.4, -0.2) is 36.1 Å². The molecule has 1 aliphatic carbocycles. The van der Waals surface area contributed by atoms with E-state index in [2.05, 4.69) is 10.6 Å². The molecule has 0 aromatic carbocycles. The lowest BCUT2D eigenvalue weighted by atomic mass is 9.79. The fourth-order valence-electron chi connectivity index (χ4n) is 2.66. The summed E-state index contributed by atoms with van der Waals surface area (Å²) in [5, 5.41) is 15.0. The van der Waals surface area contributed by atoms with Crippen LogP contribution in [0.2, 0.25) is 0 Å². The number of hydrogen-bond acceptors (Lipinski definition) is 3. The number of amides is 2. The molecule has 0 saturated heterocycles. The summed E-state index contributed by atoms with van der Waals surface area (Å²) in [7, 11) is 0. The molecule has 0 heterocycles. The van der Waals surface area contributed by atoms with Gasteiger partial charge in [-0.15, -0.1) is 0 Å². The molecule has 5 heteroatoms. The van der Waals surface area contributed by atoms with Crippen LogP contribution in [0.5, 0.6) is 0 Å². The summed E-state index contributed by atoms with van der Waals surface area (Å²) in [6.07, 6.45) is 4.41. The minimum absolute atomic E-state index is 0.129. The minimum Gasteiger partial charge on any atom is -0.396 e. The van der Waals surface area contributed by atoms with Crippen molar-refractivity contribution in [3.63, 3.8) is 0 Å². The van der Waals surface area contributed by atoms with E-state index in [1.807, 2.05) is 20.8 Å². The van der Waals surface area contributed by atoms with Gasteiger partial charge in [-0.1, -0.05) is 33.6 Å². The second kappa shape index (κ2) is 7.78. The highest BCUT2D eigenvalue weighted by molar-refractivity contribution is 5.89. The van der Waals surface area contributed by atoms with Gasteiger partial charge in [-0.25, -0.2) is 0 Å². The van der Waals surface area contributed by atoms with Crippen LogP contribution < -0.4 is 10.6 Å². The SMILES string of the molecule is CC(NC(=O)C(C)(C)C)C(=O)NCC1CCCCC1CO. The number of aliphatic hydroxyl groups is 1. The Morgan fingerprint density at radius 1 is 1.19 bits per heavy atom. The molecule has 1 rings (SSSR count). The molecule has 0 bridgehead atoms. The van der Waals surface area contributed by atoms with Crippen LogP contribution in [0.4, 0.5) is 0 Å². The van der Waals surface area contributed by atoms with Crippen molar-refractivity contribution >= 4 is 11.8 Å². The summed E-state index contributed by atoms with van der Waals surface area (Å²) in [6.45, 7) is 7.93. The van der Waals surface area contributed by atoms with E-state index in [0.717, 1.165) is 25.7 Å². The molecule has 3 unspecified atom stereocenters. The fourth-order valence-corrected chi connectivity index (χ4v) is 2.66. The Labute approximate surface area is 127 Å². The lowest BCUT2D eigenvalue weighted by Gasteiger charge is -2.30. The quantitative estimate of drug-likeness (QED) is 0.719. The van der Waals surface area contributed by atoms with Gasteiger partial charge in [-0.3, -0.25) is 9.59 Å². The Balaban J connectivity index is 2.40. The van der Waals surface area contributed by atoms with E-state index in [4.69, 9.17) is 0 Å². The van der Waals surface area contributed by atoms with Gasteiger partial charge in [0.05, 0.1) is 0 Å². The van der Waals surface area contributed by atoms with Gasteiger partial charge < -0.3 is 15.7 Å². The van der Waals surface area contributed by atoms with Crippen LogP contribution in [-0.2, 0) is 9.59 Å². The lowest BCUT2D eigenvalue weighted by Crippen LogP contribution is -2.49. The third kappa shape index (κ3) is 5.65. The number of carbonyl (C=O) groups is 2. The molecule has 0 aromatic heterocycles. The van der Waals surface area contributed by atoms with Crippen molar-refractivity contribution in [1.29, 1.82) is 0 Å². The summed E-state index contributed by atoms with van der Waals surface area (Å²) in [6, 6.07) is -0.534.